The molecule has 0 spiro atoms. The summed E-state index contributed by atoms with van der Waals surface area (Å²) in [5, 5.41) is 10.4. The average Bonchev–Trinajstić information content (AvgIpc) is 2.31. The van der Waals surface area contributed by atoms with Crippen molar-refractivity contribution in [1.82, 2.24) is 9.55 Å². The summed E-state index contributed by atoms with van der Waals surface area (Å²) in [5.41, 5.74) is 1.06. The van der Waals surface area contributed by atoms with Crippen LogP contribution in [0, 0.1) is 10.1 Å². The van der Waals surface area contributed by atoms with Crippen molar-refractivity contribution in [3.63, 3.8) is 0 Å². The van der Waals surface area contributed by atoms with Gasteiger partial charge in [-0.3, -0.25) is 0 Å². The minimum absolute atomic E-state index is 0.116. The lowest BCUT2D eigenvalue weighted by atomic mass is 10.3. The number of nitro groups is 1. The summed E-state index contributed by atoms with van der Waals surface area (Å²) in [7, 11) is 1.73. The molecule has 0 fully saturated rings. The molecular formula is C8H11N3O2. The van der Waals surface area contributed by atoms with Gasteiger partial charge in [-0.1, -0.05) is 5.57 Å². The number of rotatable bonds is 2. The molecule has 5 nitrogen and oxygen atoms in total. The maximum Gasteiger partial charge on any atom is 0.382 e. The molecule has 0 N–H and O–H groups in total. The van der Waals surface area contributed by atoms with Gasteiger partial charge in [-0.2, -0.15) is 0 Å². The fourth-order valence-corrected chi connectivity index (χ4v) is 0.945. The van der Waals surface area contributed by atoms with Gasteiger partial charge in [0.2, 0.25) is 5.82 Å². The first-order valence-corrected chi connectivity index (χ1v) is 3.83. The largest absolute Gasteiger partial charge is 0.382 e. The van der Waals surface area contributed by atoms with Crippen LogP contribution in [0.1, 0.15) is 19.7 Å². The van der Waals surface area contributed by atoms with Gasteiger partial charge in [0.15, 0.2) is 0 Å². The third kappa shape index (κ3) is 2.14. The maximum atomic E-state index is 10.4. The van der Waals surface area contributed by atoms with Crippen molar-refractivity contribution < 1.29 is 4.92 Å². The van der Waals surface area contributed by atoms with Gasteiger partial charge >= 0.3 is 5.82 Å². The summed E-state index contributed by atoms with van der Waals surface area (Å²) in [5.74, 6) is 0.488. The minimum atomic E-state index is -0.498. The zero-order chi connectivity index (χ0) is 10.0. The van der Waals surface area contributed by atoms with Crippen LogP contribution in [0.25, 0.3) is 6.08 Å². The number of aromatic nitrogens is 2. The lowest BCUT2D eigenvalue weighted by Gasteiger charge is -1.88. The molecule has 70 valence electrons. The first-order chi connectivity index (χ1) is 6.00. The molecule has 0 atom stereocenters. The second-order valence-electron chi connectivity index (χ2n) is 3.05. The molecule has 1 aromatic rings. The number of allylic oxidation sites excluding steroid dienone is 1. The summed E-state index contributed by atoms with van der Waals surface area (Å²) < 4.78 is 1.63. The van der Waals surface area contributed by atoms with Gasteiger partial charge in [-0.15, -0.1) is 0 Å². The van der Waals surface area contributed by atoms with E-state index in [9.17, 15) is 10.1 Å². The highest BCUT2D eigenvalue weighted by atomic mass is 16.6. The van der Waals surface area contributed by atoms with Crippen LogP contribution in [0.15, 0.2) is 11.8 Å². The van der Waals surface area contributed by atoms with Gasteiger partial charge in [0.25, 0.3) is 0 Å². The van der Waals surface area contributed by atoms with E-state index < -0.39 is 4.92 Å². The van der Waals surface area contributed by atoms with E-state index in [0.717, 1.165) is 5.57 Å². The van der Waals surface area contributed by atoms with Crippen LogP contribution >= 0.6 is 0 Å². The molecular weight excluding hydrogens is 170 g/mol. The standard InChI is InChI=1S/C8H11N3O2/c1-6(2)4-7-9-8(11(12)13)5-10(7)3/h4-5H,1-3H3. The zero-order valence-electron chi connectivity index (χ0n) is 7.81. The van der Waals surface area contributed by atoms with Crippen molar-refractivity contribution in [2.75, 3.05) is 0 Å². The Morgan fingerprint density at radius 1 is 1.69 bits per heavy atom. The number of hydrogen-bond donors (Lipinski definition) is 0. The highest BCUT2D eigenvalue weighted by Crippen LogP contribution is 2.11. The van der Waals surface area contributed by atoms with E-state index in [1.165, 1.54) is 6.20 Å². The summed E-state index contributed by atoms with van der Waals surface area (Å²) in [6.45, 7) is 3.83. The molecule has 1 aromatic heterocycles. The van der Waals surface area contributed by atoms with E-state index in [1.807, 2.05) is 13.8 Å². The van der Waals surface area contributed by atoms with Crippen LogP contribution in [0.3, 0.4) is 0 Å². The van der Waals surface area contributed by atoms with Crippen molar-refractivity contribution in [1.29, 1.82) is 0 Å². The third-order valence-electron chi connectivity index (χ3n) is 1.50. The molecule has 0 radical (unpaired) electrons. The molecule has 0 saturated carbocycles. The van der Waals surface area contributed by atoms with Crippen molar-refractivity contribution in [3.05, 3.63) is 27.7 Å². The topological polar surface area (TPSA) is 61.0 Å². The van der Waals surface area contributed by atoms with Crippen LogP contribution < -0.4 is 0 Å². The van der Waals surface area contributed by atoms with Crippen molar-refractivity contribution in [2.45, 2.75) is 13.8 Å². The Labute approximate surface area is 75.9 Å². The molecule has 0 aromatic carbocycles. The fourth-order valence-electron chi connectivity index (χ4n) is 0.945. The summed E-state index contributed by atoms with van der Waals surface area (Å²) in [4.78, 5) is 13.7. The zero-order valence-corrected chi connectivity index (χ0v) is 7.81. The summed E-state index contributed by atoms with van der Waals surface area (Å²) in [6.07, 6.45) is 3.20. The monoisotopic (exact) mass is 181 g/mol. The van der Waals surface area contributed by atoms with E-state index >= 15 is 0 Å². The van der Waals surface area contributed by atoms with Crippen LogP contribution in [0.4, 0.5) is 5.82 Å². The minimum Gasteiger partial charge on any atom is -0.358 e. The molecule has 13 heavy (non-hydrogen) atoms. The molecule has 0 unspecified atom stereocenters. The Morgan fingerprint density at radius 3 is 2.69 bits per heavy atom. The number of nitrogens with zero attached hydrogens (tertiary/aromatic N) is 3. The summed E-state index contributed by atoms with van der Waals surface area (Å²) >= 11 is 0. The lowest BCUT2D eigenvalue weighted by molar-refractivity contribution is -0.389. The Bertz CT molecular complexity index is 361. The maximum absolute atomic E-state index is 10.4. The lowest BCUT2D eigenvalue weighted by Crippen LogP contribution is -1.89. The average molecular weight is 181 g/mol. The number of aryl methyl sites for hydroxylation is 1. The predicted octanol–water partition coefficient (Wildman–Crippen LogP) is 1.75. The van der Waals surface area contributed by atoms with E-state index in [1.54, 1.807) is 17.7 Å². The molecule has 0 aliphatic rings. The van der Waals surface area contributed by atoms with Crippen LogP contribution in [-0.2, 0) is 7.05 Å². The van der Waals surface area contributed by atoms with Crippen LogP contribution in [0.5, 0.6) is 0 Å². The number of imidazole rings is 1. The second kappa shape index (κ2) is 3.38. The number of hydrogen-bond acceptors (Lipinski definition) is 3. The first kappa shape index (κ1) is 9.44. The Hall–Kier alpha value is -1.65. The Kier molecular flexibility index (Phi) is 2.46. The first-order valence-electron chi connectivity index (χ1n) is 3.83. The Morgan fingerprint density at radius 2 is 2.31 bits per heavy atom. The quantitative estimate of drug-likeness (QED) is 0.515. The van der Waals surface area contributed by atoms with Crippen LogP contribution in [-0.4, -0.2) is 14.5 Å². The molecule has 0 amide bonds. The van der Waals surface area contributed by atoms with E-state index in [0.29, 0.717) is 5.82 Å². The fraction of sp³-hybridized carbons (Fsp3) is 0.375. The highest BCUT2D eigenvalue weighted by Gasteiger charge is 2.13. The van der Waals surface area contributed by atoms with Crippen molar-refractivity contribution in [3.8, 4) is 0 Å². The van der Waals surface area contributed by atoms with E-state index in [-0.39, 0.29) is 5.82 Å². The molecule has 1 heterocycles. The smallest absolute Gasteiger partial charge is 0.358 e. The van der Waals surface area contributed by atoms with E-state index in [4.69, 9.17) is 0 Å². The van der Waals surface area contributed by atoms with Gasteiger partial charge in [-0.05, 0) is 23.8 Å². The van der Waals surface area contributed by atoms with Gasteiger partial charge in [0, 0.05) is 13.1 Å². The van der Waals surface area contributed by atoms with E-state index in [2.05, 4.69) is 4.98 Å². The van der Waals surface area contributed by atoms with Crippen LogP contribution in [0.2, 0.25) is 0 Å². The van der Waals surface area contributed by atoms with Crippen molar-refractivity contribution >= 4 is 11.9 Å². The second-order valence-corrected chi connectivity index (χ2v) is 3.05. The van der Waals surface area contributed by atoms with Crippen molar-refractivity contribution in [2.24, 2.45) is 7.05 Å². The van der Waals surface area contributed by atoms with Gasteiger partial charge < -0.3 is 14.7 Å². The molecule has 0 aliphatic carbocycles. The normalized spacial score (nSPS) is 9.77. The molecule has 0 bridgehead atoms. The molecule has 0 aliphatic heterocycles. The molecule has 0 saturated heterocycles. The van der Waals surface area contributed by atoms with Gasteiger partial charge in [-0.25, -0.2) is 0 Å². The van der Waals surface area contributed by atoms with Gasteiger partial charge in [0.05, 0.1) is 0 Å². The predicted molar refractivity (Wildman–Crippen MR) is 49.2 cm³/mol. The Balaban J connectivity index is 3.10. The SMILES string of the molecule is CC(C)=Cc1nc([N+](=O)[O-])cn1C. The highest BCUT2D eigenvalue weighted by molar-refractivity contribution is 5.46. The summed E-state index contributed by atoms with van der Waals surface area (Å²) in [6, 6.07) is 0. The molecule has 5 heteroatoms. The third-order valence-corrected chi connectivity index (χ3v) is 1.50. The molecule has 1 rings (SSSR count). The van der Waals surface area contributed by atoms with Gasteiger partial charge in [0.1, 0.15) is 6.20 Å².